The normalized spacial score (nSPS) is 17.3. The molecule has 0 unspecified atom stereocenters. The maximum atomic E-state index is 5.80. The monoisotopic (exact) mass is 242 g/mol. The van der Waals surface area contributed by atoms with Crippen LogP contribution in [0, 0.1) is 0 Å². The van der Waals surface area contributed by atoms with E-state index in [1.807, 2.05) is 0 Å². The summed E-state index contributed by atoms with van der Waals surface area (Å²) in [6, 6.07) is 1.77. The molecule has 1 aliphatic heterocycles. The van der Waals surface area contributed by atoms with E-state index in [-0.39, 0.29) is 0 Å². The van der Waals surface area contributed by atoms with Gasteiger partial charge in [-0.25, -0.2) is 0 Å². The molecule has 0 saturated carbocycles. The van der Waals surface area contributed by atoms with Gasteiger partial charge in [0.05, 0.1) is 24.4 Å². The number of ether oxygens (including phenoxy) is 2. The Morgan fingerprint density at radius 3 is 2.94 bits per heavy atom. The van der Waals surface area contributed by atoms with Gasteiger partial charge in [0.25, 0.3) is 0 Å². The number of nitrogens with zero attached hydrogens (tertiary/aromatic N) is 2. The van der Waals surface area contributed by atoms with Gasteiger partial charge >= 0.3 is 0 Å². The molecule has 16 heavy (non-hydrogen) atoms. The van der Waals surface area contributed by atoms with Gasteiger partial charge in [-0.15, -0.1) is 0 Å². The van der Waals surface area contributed by atoms with E-state index in [0.29, 0.717) is 11.6 Å². The first kappa shape index (κ1) is 11.6. The van der Waals surface area contributed by atoms with Gasteiger partial charge in [0.15, 0.2) is 0 Å². The predicted octanol–water partition coefficient (Wildman–Crippen LogP) is 1.45. The first-order chi connectivity index (χ1) is 7.84. The molecule has 1 fully saturated rings. The van der Waals surface area contributed by atoms with Gasteiger partial charge in [-0.1, -0.05) is 11.6 Å². The molecule has 0 radical (unpaired) electrons. The molecule has 0 N–H and O–H groups in total. The molecular weight excluding hydrogens is 228 g/mol. The third-order valence-electron chi connectivity index (χ3n) is 2.46. The molecule has 0 aliphatic carbocycles. The molecule has 1 aromatic heterocycles. The fourth-order valence-electron chi connectivity index (χ4n) is 1.59. The molecule has 88 valence electrons. The van der Waals surface area contributed by atoms with Crippen molar-refractivity contribution in [2.45, 2.75) is 0 Å². The fourth-order valence-corrected chi connectivity index (χ4v) is 1.75. The van der Waals surface area contributed by atoms with Crippen LogP contribution in [0.25, 0.3) is 0 Å². The Bertz CT molecular complexity index is 330. The maximum Gasteiger partial charge on any atom is 0.139 e. The SMILES string of the molecule is Clc1cncc(OCCN2CCOCC2)c1. The van der Waals surface area contributed by atoms with Crippen molar-refractivity contribution in [3.63, 3.8) is 0 Å². The smallest absolute Gasteiger partial charge is 0.139 e. The second-order valence-corrected chi connectivity index (χ2v) is 4.08. The summed E-state index contributed by atoms with van der Waals surface area (Å²) in [6.07, 6.45) is 3.27. The average Bonchev–Trinajstić information content (AvgIpc) is 2.30. The molecule has 0 atom stereocenters. The van der Waals surface area contributed by atoms with Crippen LogP contribution in [0.4, 0.5) is 0 Å². The van der Waals surface area contributed by atoms with Gasteiger partial charge in [-0.2, -0.15) is 0 Å². The van der Waals surface area contributed by atoms with Gasteiger partial charge in [-0.05, 0) is 0 Å². The second-order valence-electron chi connectivity index (χ2n) is 3.64. The van der Waals surface area contributed by atoms with E-state index in [4.69, 9.17) is 21.1 Å². The number of halogens is 1. The van der Waals surface area contributed by atoms with Gasteiger partial charge in [0.1, 0.15) is 12.4 Å². The van der Waals surface area contributed by atoms with Crippen LogP contribution < -0.4 is 4.74 Å². The Labute approximate surface area is 100 Å². The predicted molar refractivity (Wildman–Crippen MR) is 62.0 cm³/mol. The molecule has 2 heterocycles. The minimum absolute atomic E-state index is 0.601. The van der Waals surface area contributed by atoms with Gasteiger partial charge in [-0.3, -0.25) is 9.88 Å². The Morgan fingerprint density at radius 2 is 2.19 bits per heavy atom. The van der Waals surface area contributed by atoms with Crippen molar-refractivity contribution in [1.82, 2.24) is 9.88 Å². The van der Waals surface area contributed by atoms with E-state index >= 15 is 0 Å². The van der Waals surface area contributed by atoms with Gasteiger partial charge in [0, 0.05) is 31.9 Å². The highest BCUT2D eigenvalue weighted by Gasteiger charge is 2.09. The Kier molecular flexibility index (Phi) is 4.39. The lowest BCUT2D eigenvalue weighted by atomic mass is 10.4. The highest BCUT2D eigenvalue weighted by Crippen LogP contribution is 2.14. The van der Waals surface area contributed by atoms with E-state index < -0.39 is 0 Å². The molecule has 0 spiro atoms. The third-order valence-corrected chi connectivity index (χ3v) is 2.67. The lowest BCUT2D eigenvalue weighted by Crippen LogP contribution is -2.38. The highest BCUT2D eigenvalue weighted by molar-refractivity contribution is 6.30. The third kappa shape index (κ3) is 3.63. The Morgan fingerprint density at radius 1 is 1.38 bits per heavy atom. The quantitative estimate of drug-likeness (QED) is 0.801. The molecule has 4 nitrogen and oxygen atoms in total. The molecule has 0 amide bonds. The molecule has 2 rings (SSSR count). The van der Waals surface area contributed by atoms with Crippen molar-refractivity contribution in [2.75, 3.05) is 39.5 Å². The van der Waals surface area contributed by atoms with Crippen LogP contribution in [0.15, 0.2) is 18.5 Å². The zero-order valence-corrected chi connectivity index (χ0v) is 9.82. The van der Waals surface area contributed by atoms with Crippen LogP contribution in [0.2, 0.25) is 5.02 Å². The molecule has 0 aromatic carbocycles. The van der Waals surface area contributed by atoms with E-state index in [1.54, 1.807) is 18.5 Å². The summed E-state index contributed by atoms with van der Waals surface area (Å²) >= 11 is 5.80. The lowest BCUT2D eigenvalue weighted by Gasteiger charge is -2.26. The number of hydrogen-bond donors (Lipinski definition) is 0. The van der Waals surface area contributed by atoms with Crippen molar-refractivity contribution < 1.29 is 9.47 Å². The van der Waals surface area contributed by atoms with Crippen molar-refractivity contribution >= 4 is 11.6 Å². The highest BCUT2D eigenvalue weighted by atomic mass is 35.5. The van der Waals surface area contributed by atoms with Crippen molar-refractivity contribution in [3.05, 3.63) is 23.5 Å². The Hall–Kier alpha value is -0.840. The van der Waals surface area contributed by atoms with Crippen molar-refractivity contribution in [1.29, 1.82) is 0 Å². The summed E-state index contributed by atoms with van der Waals surface area (Å²) in [6.45, 7) is 5.17. The first-order valence-electron chi connectivity index (χ1n) is 5.38. The summed E-state index contributed by atoms with van der Waals surface area (Å²) in [7, 11) is 0. The summed E-state index contributed by atoms with van der Waals surface area (Å²) in [5.41, 5.74) is 0. The van der Waals surface area contributed by atoms with Crippen molar-refractivity contribution in [3.8, 4) is 5.75 Å². The van der Waals surface area contributed by atoms with Crippen LogP contribution in [0.3, 0.4) is 0 Å². The minimum atomic E-state index is 0.601. The van der Waals surface area contributed by atoms with Crippen LogP contribution >= 0.6 is 11.6 Å². The second kappa shape index (κ2) is 6.03. The standard InChI is InChI=1S/C11H15ClN2O2/c12-10-7-11(9-13-8-10)16-6-3-14-1-4-15-5-2-14/h7-9H,1-6H2. The average molecular weight is 243 g/mol. The minimum Gasteiger partial charge on any atom is -0.491 e. The van der Waals surface area contributed by atoms with Crippen LogP contribution in [0.1, 0.15) is 0 Å². The number of morpholine rings is 1. The van der Waals surface area contributed by atoms with E-state index in [1.165, 1.54) is 0 Å². The Balaban J connectivity index is 1.71. The number of pyridine rings is 1. The van der Waals surface area contributed by atoms with Crippen LogP contribution in [-0.4, -0.2) is 49.3 Å². The summed E-state index contributed by atoms with van der Waals surface area (Å²) < 4.78 is 10.8. The number of hydrogen-bond acceptors (Lipinski definition) is 4. The van der Waals surface area contributed by atoms with E-state index in [0.717, 1.165) is 38.6 Å². The van der Waals surface area contributed by atoms with Gasteiger partial charge < -0.3 is 9.47 Å². The molecular formula is C11H15ClN2O2. The topological polar surface area (TPSA) is 34.6 Å². The van der Waals surface area contributed by atoms with E-state index in [9.17, 15) is 0 Å². The van der Waals surface area contributed by atoms with Crippen LogP contribution in [-0.2, 0) is 4.74 Å². The molecule has 1 aromatic rings. The molecule has 0 bridgehead atoms. The largest absolute Gasteiger partial charge is 0.491 e. The van der Waals surface area contributed by atoms with E-state index in [2.05, 4.69) is 9.88 Å². The maximum absolute atomic E-state index is 5.80. The lowest BCUT2D eigenvalue weighted by molar-refractivity contribution is 0.0322. The molecule has 1 saturated heterocycles. The molecule has 1 aliphatic rings. The summed E-state index contributed by atoms with van der Waals surface area (Å²) in [5.74, 6) is 0.723. The van der Waals surface area contributed by atoms with Crippen molar-refractivity contribution in [2.24, 2.45) is 0 Å². The summed E-state index contributed by atoms with van der Waals surface area (Å²) in [4.78, 5) is 6.28. The zero-order chi connectivity index (χ0) is 11.2. The zero-order valence-electron chi connectivity index (χ0n) is 9.06. The number of aromatic nitrogens is 1. The van der Waals surface area contributed by atoms with Gasteiger partial charge in [0.2, 0.25) is 0 Å². The first-order valence-corrected chi connectivity index (χ1v) is 5.76. The number of rotatable bonds is 4. The summed E-state index contributed by atoms with van der Waals surface area (Å²) in [5, 5.41) is 0.601. The molecule has 5 heteroatoms. The fraction of sp³-hybridized carbons (Fsp3) is 0.545. The van der Waals surface area contributed by atoms with Crippen LogP contribution in [0.5, 0.6) is 5.75 Å².